The Kier molecular flexibility index (Phi) is 3.82. The number of oxazole rings is 1. The van der Waals surface area contributed by atoms with Crippen molar-refractivity contribution >= 4 is 28.5 Å². The van der Waals surface area contributed by atoms with E-state index in [1.54, 1.807) is 29.2 Å². The number of rotatable bonds is 2. The molecule has 0 unspecified atom stereocenters. The van der Waals surface area contributed by atoms with Crippen LogP contribution in [0.3, 0.4) is 0 Å². The summed E-state index contributed by atoms with van der Waals surface area (Å²) in [6, 6.07) is 6.49. The van der Waals surface area contributed by atoms with Gasteiger partial charge in [-0.25, -0.2) is 9.78 Å². The molecule has 1 aromatic carbocycles. The number of fused-ring (bicyclic) bond motifs is 2. The Morgan fingerprint density at radius 3 is 2.85 bits per heavy atom. The second-order valence-electron chi connectivity index (χ2n) is 7.16. The number of benzene rings is 1. The minimum Gasteiger partial charge on any atom is -0.445 e. The lowest BCUT2D eigenvalue weighted by Gasteiger charge is -2.25. The van der Waals surface area contributed by atoms with Crippen molar-refractivity contribution in [3.8, 4) is 0 Å². The van der Waals surface area contributed by atoms with Crippen LogP contribution in [0.15, 0.2) is 37.9 Å². The third kappa shape index (κ3) is 2.84. The largest absolute Gasteiger partial charge is 0.445 e. The molecule has 1 aliphatic carbocycles. The monoisotopic (exact) mass is 384 g/mol. The Bertz CT molecular complexity index is 1110. The van der Waals surface area contributed by atoms with Gasteiger partial charge in [-0.15, -0.1) is 0 Å². The average molecular weight is 385 g/mol. The summed E-state index contributed by atoms with van der Waals surface area (Å²) in [5.74, 6) is 1.71. The number of halogens is 1. The molecular formula is C20H17ClN2O4. The number of hydrogen-bond donors (Lipinski definition) is 0. The molecule has 2 aromatic heterocycles. The Hall–Kier alpha value is -2.60. The van der Waals surface area contributed by atoms with Crippen LogP contribution in [0.4, 0.5) is 0 Å². The molecule has 0 radical (unpaired) electrons. The van der Waals surface area contributed by atoms with Gasteiger partial charge in [-0.1, -0.05) is 18.0 Å². The summed E-state index contributed by atoms with van der Waals surface area (Å²) in [5, 5.41) is 1.14. The van der Waals surface area contributed by atoms with E-state index in [1.807, 2.05) is 0 Å². The standard InChI is InChI=1S/C20H17ClN2O4/c21-13-4-5-16-12(8-13)9-14(20(25)27-16)19(24)23-7-6-17-15(10-23)22-18(26-17)11-2-1-3-11/h4-5,8-9,11H,1-3,6-7,10H2. The number of carbonyl (C=O) groups excluding carboxylic acids is 1. The van der Waals surface area contributed by atoms with E-state index in [0.29, 0.717) is 41.4 Å². The van der Waals surface area contributed by atoms with Gasteiger partial charge in [0.25, 0.3) is 5.91 Å². The maximum Gasteiger partial charge on any atom is 0.349 e. The van der Waals surface area contributed by atoms with E-state index in [9.17, 15) is 9.59 Å². The zero-order valence-corrected chi connectivity index (χ0v) is 15.3. The van der Waals surface area contributed by atoms with Crippen molar-refractivity contribution in [2.24, 2.45) is 0 Å². The number of nitrogens with zero attached hydrogens (tertiary/aromatic N) is 2. The Labute approximate surface area is 159 Å². The summed E-state index contributed by atoms with van der Waals surface area (Å²) >= 11 is 6.01. The van der Waals surface area contributed by atoms with Gasteiger partial charge < -0.3 is 13.7 Å². The fraction of sp³-hybridized carbons (Fsp3) is 0.350. The quantitative estimate of drug-likeness (QED) is 0.626. The first-order valence-corrected chi connectivity index (χ1v) is 9.47. The fourth-order valence-electron chi connectivity index (χ4n) is 3.64. The first kappa shape index (κ1) is 16.6. The summed E-state index contributed by atoms with van der Waals surface area (Å²) in [6.45, 7) is 0.829. The van der Waals surface area contributed by atoms with Gasteiger partial charge in [-0.3, -0.25) is 4.79 Å². The highest BCUT2D eigenvalue weighted by atomic mass is 35.5. The number of amides is 1. The molecule has 138 valence electrons. The molecule has 1 saturated carbocycles. The molecule has 6 nitrogen and oxygen atoms in total. The van der Waals surface area contributed by atoms with Gasteiger partial charge in [0.2, 0.25) is 0 Å². The van der Waals surface area contributed by atoms with E-state index in [0.717, 1.165) is 30.2 Å². The van der Waals surface area contributed by atoms with E-state index in [4.69, 9.17) is 20.4 Å². The van der Waals surface area contributed by atoms with Crippen molar-refractivity contribution in [3.63, 3.8) is 0 Å². The molecule has 0 saturated heterocycles. The van der Waals surface area contributed by atoms with Gasteiger partial charge in [0.15, 0.2) is 5.89 Å². The summed E-state index contributed by atoms with van der Waals surface area (Å²) in [4.78, 5) is 31.5. The Balaban J connectivity index is 1.44. The van der Waals surface area contributed by atoms with Gasteiger partial charge in [-0.2, -0.15) is 0 Å². The molecule has 1 fully saturated rings. The molecule has 0 atom stereocenters. The van der Waals surface area contributed by atoms with Crippen molar-refractivity contribution in [2.75, 3.05) is 6.54 Å². The van der Waals surface area contributed by atoms with Crippen molar-refractivity contribution in [1.29, 1.82) is 0 Å². The lowest BCUT2D eigenvalue weighted by molar-refractivity contribution is 0.0723. The minimum absolute atomic E-state index is 0.0101. The van der Waals surface area contributed by atoms with Gasteiger partial charge in [0, 0.05) is 29.3 Å². The van der Waals surface area contributed by atoms with Crippen LogP contribution < -0.4 is 5.63 Å². The molecule has 27 heavy (non-hydrogen) atoms. The molecule has 0 N–H and O–H groups in total. The first-order valence-electron chi connectivity index (χ1n) is 9.09. The number of aromatic nitrogens is 1. The number of hydrogen-bond acceptors (Lipinski definition) is 5. The Morgan fingerprint density at radius 2 is 2.07 bits per heavy atom. The molecule has 0 spiro atoms. The molecular weight excluding hydrogens is 368 g/mol. The predicted octanol–water partition coefficient (Wildman–Crippen LogP) is 3.90. The zero-order chi connectivity index (χ0) is 18.5. The van der Waals surface area contributed by atoms with Gasteiger partial charge >= 0.3 is 5.63 Å². The van der Waals surface area contributed by atoms with Crippen molar-refractivity contribution < 1.29 is 13.6 Å². The van der Waals surface area contributed by atoms with Crippen molar-refractivity contribution in [1.82, 2.24) is 9.88 Å². The lowest BCUT2D eigenvalue weighted by atomic mass is 9.85. The Morgan fingerprint density at radius 1 is 1.22 bits per heavy atom. The van der Waals surface area contributed by atoms with Crippen molar-refractivity contribution in [3.05, 3.63) is 62.6 Å². The second-order valence-corrected chi connectivity index (χ2v) is 7.59. The third-order valence-corrected chi connectivity index (χ3v) is 5.65. The van der Waals surface area contributed by atoms with E-state index < -0.39 is 5.63 Å². The van der Waals surface area contributed by atoms with Crippen LogP contribution in [-0.2, 0) is 13.0 Å². The predicted molar refractivity (Wildman–Crippen MR) is 99.0 cm³/mol. The van der Waals surface area contributed by atoms with Crippen LogP contribution >= 0.6 is 11.6 Å². The van der Waals surface area contributed by atoms with Crippen LogP contribution in [0.1, 0.15) is 52.9 Å². The molecule has 3 heterocycles. The van der Waals surface area contributed by atoms with Gasteiger partial charge in [-0.05, 0) is 37.1 Å². The van der Waals surface area contributed by atoms with E-state index in [-0.39, 0.29) is 11.5 Å². The highest BCUT2D eigenvalue weighted by Gasteiger charge is 2.31. The summed E-state index contributed by atoms with van der Waals surface area (Å²) in [6.07, 6.45) is 4.04. The summed E-state index contributed by atoms with van der Waals surface area (Å²) in [7, 11) is 0. The van der Waals surface area contributed by atoms with Crippen LogP contribution in [0.5, 0.6) is 0 Å². The molecule has 3 aromatic rings. The van der Waals surface area contributed by atoms with Crippen LogP contribution in [0, 0.1) is 0 Å². The molecule has 1 amide bonds. The minimum atomic E-state index is -0.643. The lowest BCUT2D eigenvalue weighted by Crippen LogP contribution is -2.37. The zero-order valence-electron chi connectivity index (χ0n) is 14.5. The first-order chi connectivity index (χ1) is 13.1. The van der Waals surface area contributed by atoms with E-state index in [2.05, 4.69) is 4.98 Å². The second kappa shape index (κ2) is 6.23. The maximum absolute atomic E-state index is 12.9. The SMILES string of the molecule is O=C(c1cc2cc(Cl)ccc2oc1=O)N1CCc2oc(C3CCC3)nc2C1. The molecule has 0 bridgehead atoms. The normalized spacial score (nSPS) is 17.0. The van der Waals surface area contributed by atoms with Crippen LogP contribution in [-0.4, -0.2) is 22.3 Å². The van der Waals surface area contributed by atoms with Gasteiger partial charge in [0.1, 0.15) is 22.6 Å². The number of carbonyl (C=O) groups is 1. The molecule has 1 aliphatic heterocycles. The maximum atomic E-state index is 12.9. The van der Waals surface area contributed by atoms with Crippen molar-refractivity contribution in [2.45, 2.75) is 38.1 Å². The molecule has 7 heteroatoms. The highest BCUT2D eigenvalue weighted by Crippen LogP contribution is 2.37. The van der Waals surface area contributed by atoms with E-state index in [1.165, 1.54) is 6.42 Å². The van der Waals surface area contributed by atoms with Crippen LogP contribution in [0.25, 0.3) is 11.0 Å². The smallest absolute Gasteiger partial charge is 0.349 e. The van der Waals surface area contributed by atoms with Gasteiger partial charge in [0.05, 0.1) is 6.54 Å². The molecule has 2 aliphatic rings. The topological polar surface area (TPSA) is 76.6 Å². The summed E-state index contributed by atoms with van der Waals surface area (Å²) in [5.41, 5.74) is 0.570. The van der Waals surface area contributed by atoms with Crippen LogP contribution in [0.2, 0.25) is 5.02 Å². The summed E-state index contributed by atoms with van der Waals surface area (Å²) < 4.78 is 11.2. The van der Waals surface area contributed by atoms with E-state index >= 15 is 0 Å². The molecule has 5 rings (SSSR count). The fourth-order valence-corrected chi connectivity index (χ4v) is 3.82. The average Bonchev–Trinajstić information content (AvgIpc) is 3.01. The third-order valence-electron chi connectivity index (χ3n) is 5.41. The highest BCUT2D eigenvalue weighted by molar-refractivity contribution is 6.31.